The molecule has 0 saturated carbocycles. The maximum Gasteiger partial charge on any atom is 0.387 e. The molecule has 0 saturated heterocycles. The van der Waals surface area contributed by atoms with E-state index in [0.29, 0.717) is 5.56 Å². The minimum atomic E-state index is -2.92. The van der Waals surface area contributed by atoms with Crippen LogP contribution in [0.5, 0.6) is 5.75 Å². The average Bonchev–Trinajstić information content (AvgIpc) is 2.19. The number of aliphatic hydroxyl groups is 1. The van der Waals surface area contributed by atoms with Crippen LogP contribution in [0.2, 0.25) is 5.02 Å². The second-order valence-electron chi connectivity index (χ2n) is 2.74. The molecule has 15 heavy (non-hydrogen) atoms. The van der Waals surface area contributed by atoms with E-state index < -0.39 is 12.7 Å². The van der Waals surface area contributed by atoms with Crippen LogP contribution >= 0.6 is 23.2 Å². The minimum absolute atomic E-state index is 0.00534. The van der Waals surface area contributed by atoms with Crippen LogP contribution in [0.1, 0.15) is 11.7 Å². The van der Waals surface area contributed by atoms with Gasteiger partial charge < -0.3 is 9.84 Å². The van der Waals surface area contributed by atoms with Crippen LogP contribution in [0.3, 0.4) is 0 Å². The predicted octanol–water partition coefficient (Wildman–Crippen LogP) is 3.21. The summed E-state index contributed by atoms with van der Waals surface area (Å²) in [6.45, 7) is -2.92. The van der Waals surface area contributed by atoms with E-state index in [0.717, 1.165) is 0 Å². The van der Waals surface area contributed by atoms with Gasteiger partial charge in [0.05, 0.1) is 17.0 Å². The average molecular weight is 257 g/mol. The Morgan fingerprint density at radius 1 is 1.40 bits per heavy atom. The molecule has 1 aromatic rings. The summed E-state index contributed by atoms with van der Waals surface area (Å²) in [5, 5.41) is 9.36. The van der Waals surface area contributed by atoms with Crippen molar-refractivity contribution in [2.75, 3.05) is 5.88 Å². The van der Waals surface area contributed by atoms with Crippen LogP contribution in [-0.4, -0.2) is 17.6 Å². The van der Waals surface area contributed by atoms with E-state index >= 15 is 0 Å². The number of benzene rings is 1. The molecule has 0 radical (unpaired) electrons. The van der Waals surface area contributed by atoms with Crippen LogP contribution < -0.4 is 4.74 Å². The highest BCUT2D eigenvalue weighted by Crippen LogP contribution is 2.29. The summed E-state index contributed by atoms with van der Waals surface area (Å²) >= 11 is 11.1. The Balaban J connectivity index is 2.88. The third kappa shape index (κ3) is 3.48. The van der Waals surface area contributed by atoms with Crippen LogP contribution in [0.15, 0.2) is 18.2 Å². The van der Waals surface area contributed by atoms with Gasteiger partial charge in [0, 0.05) is 0 Å². The maximum absolute atomic E-state index is 11.9. The van der Waals surface area contributed by atoms with Gasteiger partial charge in [-0.05, 0) is 17.7 Å². The summed E-state index contributed by atoms with van der Waals surface area (Å²) < 4.78 is 27.9. The summed E-state index contributed by atoms with van der Waals surface area (Å²) in [6, 6.07) is 4.03. The lowest BCUT2D eigenvalue weighted by molar-refractivity contribution is -0.0498. The van der Waals surface area contributed by atoms with Gasteiger partial charge in [0.2, 0.25) is 0 Å². The fourth-order valence-corrected chi connectivity index (χ4v) is 1.42. The summed E-state index contributed by atoms with van der Waals surface area (Å²) in [5.41, 5.74) is 0.455. The standard InChI is InChI=1S/C9H8Cl2F2O2/c10-4-7(14)5-1-2-8(6(11)3-5)15-9(12)13/h1-3,7,9,14H,4H2. The zero-order valence-electron chi connectivity index (χ0n) is 7.46. The molecule has 1 aromatic carbocycles. The van der Waals surface area contributed by atoms with Crippen molar-refractivity contribution in [3.8, 4) is 5.75 Å². The third-order valence-corrected chi connectivity index (χ3v) is 2.29. The van der Waals surface area contributed by atoms with Crippen molar-refractivity contribution < 1.29 is 18.6 Å². The summed E-state index contributed by atoms with van der Waals surface area (Å²) in [6.07, 6.45) is -0.871. The minimum Gasteiger partial charge on any atom is -0.433 e. The Morgan fingerprint density at radius 2 is 2.07 bits per heavy atom. The number of alkyl halides is 3. The molecule has 0 spiro atoms. The van der Waals surface area contributed by atoms with Crippen molar-refractivity contribution in [2.45, 2.75) is 12.7 Å². The SMILES string of the molecule is OC(CCl)c1ccc(OC(F)F)c(Cl)c1. The zero-order valence-corrected chi connectivity index (χ0v) is 8.97. The van der Waals surface area contributed by atoms with E-state index in [-0.39, 0.29) is 16.7 Å². The van der Waals surface area contributed by atoms with Crippen molar-refractivity contribution >= 4 is 23.2 Å². The first-order chi connectivity index (χ1) is 7.04. The summed E-state index contributed by atoms with van der Waals surface area (Å²) in [4.78, 5) is 0. The first kappa shape index (κ1) is 12.5. The first-order valence-electron chi connectivity index (χ1n) is 4.03. The number of hydrogen-bond acceptors (Lipinski definition) is 2. The lowest BCUT2D eigenvalue weighted by Crippen LogP contribution is -2.03. The highest BCUT2D eigenvalue weighted by Gasteiger charge is 2.12. The number of ether oxygens (including phenoxy) is 1. The lowest BCUT2D eigenvalue weighted by Gasteiger charge is -2.10. The summed E-state index contributed by atoms with van der Waals surface area (Å²) in [5.74, 6) is -0.122. The molecule has 6 heteroatoms. The second kappa shape index (κ2) is 5.49. The van der Waals surface area contributed by atoms with Crippen molar-refractivity contribution in [1.29, 1.82) is 0 Å². The normalized spacial score (nSPS) is 12.9. The molecule has 2 nitrogen and oxygen atoms in total. The first-order valence-corrected chi connectivity index (χ1v) is 4.94. The Labute approximate surface area is 95.4 Å². The van der Waals surface area contributed by atoms with Gasteiger partial charge in [-0.3, -0.25) is 0 Å². The molecular weight excluding hydrogens is 249 g/mol. The molecule has 0 heterocycles. The Morgan fingerprint density at radius 3 is 2.53 bits per heavy atom. The fraction of sp³-hybridized carbons (Fsp3) is 0.333. The molecule has 0 aliphatic rings. The van der Waals surface area contributed by atoms with E-state index in [2.05, 4.69) is 4.74 Å². The molecule has 1 N–H and O–H groups in total. The van der Waals surface area contributed by atoms with E-state index in [1.54, 1.807) is 0 Å². The molecule has 0 aliphatic heterocycles. The number of rotatable bonds is 4. The van der Waals surface area contributed by atoms with E-state index in [9.17, 15) is 13.9 Å². The number of halogens is 4. The van der Waals surface area contributed by atoms with Crippen molar-refractivity contribution in [2.24, 2.45) is 0 Å². The smallest absolute Gasteiger partial charge is 0.387 e. The van der Waals surface area contributed by atoms with Gasteiger partial charge in [0.25, 0.3) is 0 Å². The van der Waals surface area contributed by atoms with Crippen molar-refractivity contribution in [3.63, 3.8) is 0 Å². The highest BCUT2D eigenvalue weighted by molar-refractivity contribution is 6.32. The monoisotopic (exact) mass is 256 g/mol. The Hall–Kier alpha value is -0.580. The van der Waals surface area contributed by atoms with Gasteiger partial charge in [-0.15, -0.1) is 11.6 Å². The molecule has 0 amide bonds. The third-order valence-electron chi connectivity index (χ3n) is 1.70. The van der Waals surface area contributed by atoms with Gasteiger partial charge in [-0.2, -0.15) is 8.78 Å². The lowest BCUT2D eigenvalue weighted by atomic mass is 10.1. The molecule has 84 valence electrons. The molecular formula is C9H8Cl2F2O2. The molecule has 1 unspecified atom stereocenters. The van der Waals surface area contributed by atoms with Gasteiger partial charge >= 0.3 is 6.61 Å². The van der Waals surface area contributed by atoms with Gasteiger partial charge in [0.15, 0.2) is 0 Å². The number of hydrogen-bond donors (Lipinski definition) is 1. The van der Waals surface area contributed by atoms with E-state index in [4.69, 9.17) is 23.2 Å². The molecule has 0 aromatic heterocycles. The molecule has 1 atom stereocenters. The number of aliphatic hydroxyl groups excluding tert-OH is 1. The molecule has 0 fully saturated rings. The van der Waals surface area contributed by atoms with E-state index in [1.807, 2.05) is 0 Å². The van der Waals surface area contributed by atoms with Crippen LogP contribution in [0.4, 0.5) is 8.78 Å². The zero-order chi connectivity index (χ0) is 11.4. The maximum atomic E-state index is 11.9. The summed E-state index contributed by atoms with van der Waals surface area (Å²) in [7, 11) is 0. The Bertz CT molecular complexity index is 334. The van der Waals surface area contributed by atoms with Gasteiger partial charge in [-0.1, -0.05) is 17.7 Å². The quantitative estimate of drug-likeness (QED) is 0.839. The predicted molar refractivity (Wildman–Crippen MR) is 53.8 cm³/mol. The van der Waals surface area contributed by atoms with Crippen molar-refractivity contribution in [1.82, 2.24) is 0 Å². The van der Waals surface area contributed by atoms with Gasteiger partial charge in [0.1, 0.15) is 5.75 Å². The van der Waals surface area contributed by atoms with Crippen LogP contribution in [-0.2, 0) is 0 Å². The van der Waals surface area contributed by atoms with Crippen LogP contribution in [0.25, 0.3) is 0 Å². The highest BCUT2D eigenvalue weighted by atomic mass is 35.5. The molecule has 1 rings (SSSR count). The Kier molecular flexibility index (Phi) is 4.57. The largest absolute Gasteiger partial charge is 0.433 e. The van der Waals surface area contributed by atoms with E-state index in [1.165, 1.54) is 18.2 Å². The topological polar surface area (TPSA) is 29.5 Å². The van der Waals surface area contributed by atoms with Gasteiger partial charge in [-0.25, -0.2) is 0 Å². The molecule has 0 aliphatic carbocycles. The molecule has 0 bridgehead atoms. The second-order valence-corrected chi connectivity index (χ2v) is 3.45. The van der Waals surface area contributed by atoms with Crippen molar-refractivity contribution in [3.05, 3.63) is 28.8 Å². The van der Waals surface area contributed by atoms with Crippen LogP contribution in [0, 0.1) is 0 Å². The fourth-order valence-electron chi connectivity index (χ4n) is 1.01.